The molecule has 9 nitrogen and oxygen atoms in total. The van der Waals surface area contributed by atoms with E-state index in [1.165, 1.54) is 6.92 Å². The molecule has 33 heavy (non-hydrogen) atoms. The number of aromatic nitrogens is 6. The van der Waals surface area contributed by atoms with Crippen molar-refractivity contribution in [1.82, 2.24) is 29.9 Å². The lowest BCUT2D eigenvalue weighted by Crippen LogP contribution is -2.05. The molecule has 3 aromatic heterocycles. The van der Waals surface area contributed by atoms with Crippen LogP contribution in [0, 0.1) is 0 Å². The number of nitrogens with zero attached hydrogens (tertiary/aromatic N) is 6. The van der Waals surface area contributed by atoms with Gasteiger partial charge in [-0.1, -0.05) is 17.3 Å². The van der Waals surface area contributed by atoms with E-state index in [1.54, 1.807) is 29.3 Å². The van der Waals surface area contributed by atoms with Gasteiger partial charge in [-0.25, -0.2) is 15.0 Å². The maximum absolute atomic E-state index is 11.2. The topological polar surface area (TPSA) is 108 Å². The standard InChI is InChI=1S/C23H19N7O2S/c1-14(31)25-16-5-3-15(4-6-16)20-13-33-22(26-20)11-21-24-12-19-23(27-21)30(29-28-19)17-7-9-18(32-2)10-8-17/h3-10,12-13H,11H2,1-2H3,(H,25,31). The van der Waals surface area contributed by atoms with Crippen LogP contribution in [0.25, 0.3) is 28.1 Å². The molecule has 1 amide bonds. The molecule has 2 aromatic carbocycles. The third-order valence-electron chi connectivity index (χ3n) is 4.92. The van der Waals surface area contributed by atoms with Crippen molar-refractivity contribution in [2.45, 2.75) is 13.3 Å². The second-order valence-electron chi connectivity index (χ2n) is 7.26. The lowest BCUT2D eigenvalue weighted by atomic mass is 10.1. The van der Waals surface area contributed by atoms with Crippen LogP contribution in [0.4, 0.5) is 5.69 Å². The number of nitrogens with one attached hydrogen (secondary N) is 1. The first-order valence-corrected chi connectivity index (χ1v) is 11.0. The zero-order chi connectivity index (χ0) is 22.8. The molecule has 0 aliphatic heterocycles. The molecule has 0 aliphatic rings. The maximum Gasteiger partial charge on any atom is 0.221 e. The molecular weight excluding hydrogens is 438 g/mol. The lowest BCUT2D eigenvalue weighted by molar-refractivity contribution is -0.114. The fourth-order valence-corrected chi connectivity index (χ4v) is 4.13. The number of methoxy groups -OCH3 is 1. The van der Waals surface area contributed by atoms with Crippen LogP contribution in [-0.2, 0) is 11.2 Å². The van der Waals surface area contributed by atoms with Gasteiger partial charge in [-0.05, 0) is 36.4 Å². The Balaban J connectivity index is 1.37. The van der Waals surface area contributed by atoms with E-state index in [9.17, 15) is 4.79 Å². The second kappa shape index (κ2) is 8.75. The van der Waals surface area contributed by atoms with Gasteiger partial charge in [0.05, 0.1) is 31.1 Å². The van der Waals surface area contributed by atoms with E-state index in [0.29, 0.717) is 23.4 Å². The molecule has 164 valence electrons. The molecule has 10 heteroatoms. The number of ether oxygens (including phenoxy) is 1. The average molecular weight is 458 g/mol. The van der Waals surface area contributed by atoms with E-state index in [-0.39, 0.29) is 5.91 Å². The van der Waals surface area contributed by atoms with E-state index in [2.05, 4.69) is 20.6 Å². The number of hydrogen-bond acceptors (Lipinski definition) is 8. The molecule has 0 bridgehead atoms. The summed E-state index contributed by atoms with van der Waals surface area (Å²) < 4.78 is 6.91. The van der Waals surface area contributed by atoms with Gasteiger partial charge >= 0.3 is 0 Å². The highest BCUT2D eigenvalue weighted by Gasteiger charge is 2.13. The summed E-state index contributed by atoms with van der Waals surface area (Å²) in [5.41, 5.74) is 4.69. The van der Waals surface area contributed by atoms with Crippen LogP contribution >= 0.6 is 11.3 Å². The Morgan fingerprint density at radius 3 is 2.61 bits per heavy atom. The fraction of sp³-hybridized carbons (Fsp3) is 0.130. The van der Waals surface area contributed by atoms with Crippen LogP contribution in [0.1, 0.15) is 17.8 Å². The van der Waals surface area contributed by atoms with E-state index in [4.69, 9.17) is 14.7 Å². The number of hydrogen-bond donors (Lipinski definition) is 1. The molecule has 0 atom stereocenters. The van der Waals surface area contributed by atoms with E-state index in [1.807, 2.05) is 53.9 Å². The van der Waals surface area contributed by atoms with Gasteiger partial charge in [0.2, 0.25) is 5.91 Å². The fourth-order valence-electron chi connectivity index (χ4n) is 3.33. The number of thiazole rings is 1. The number of benzene rings is 2. The molecule has 5 aromatic rings. The predicted molar refractivity (Wildman–Crippen MR) is 126 cm³/mol. The molecular formula is C23H19N7O2S. The normalized spacial score (nSPS) is 11.0. The van der Waals surface area contributed by atoms with Crippen molar-refractivity contribution in [3.05, 3.63) is 70.9 Å². The zero-order valence-corrected chi connectivity index (χ0v) is 18.7. The van der Waals surface area contributed by atoms with Crippen LogP contribution in [-0.4, -0.2) is 43.0 Å². The number of carbonyl (C=O) groups excluding carboxylic acids is 1. The van der Waals surface area contributed by atoms with Crippen LogP contribution < -0.4 is 10.1 Å². The summed E-state index contributed by atoms with van der Waals surface area (Å²) in [5.74, 6) is 1.31. The number of anilines is 1. The number of amides is 1. The molecule has 3 heterocycles. The Morgan fingerprint density at radius 1 is 1.09 bits per heavy atom. The maximum atomic E-state index is 11.2. The third kappa shape index (κ3) is 4.41. The lowest BCUT2D eigenvalue weighted by Gasteiger charge is -2.04. The van der Waals surface area contributed by atoms with Crippen molar-refractivity contribution in [2.75, 3.05) is 12.4 Å². The number of rotatable bonds is 6. The Bertz CT molecular complexity index is 1430. The van der Waals surface area contributed by atoms with Crippen molar-refractivity contribution in [1.29, 1.82) is 0 Å². The Labute approximate surface area is 193 Å². The first-order valence-electron chi connectivity index (χ1n) is 10.1. The minimum absolute atomic E-state index is 0.0980. The van der Waals surface area contributed by atoms with Crippen molar-refractivity contribution >= 4 is 34.1 Å². The van der Waals surface area contributed by atoms with Gasteiger partial charge in [-0.2, -0.15) is 4.68 Å². The van der Waals surface area contributed by atoms with Crippen LogP contribution in [0.5, 0.6) is 5.75 Å². The van der Waals surface area contributed by atoms with Crippen LogP contribution in [0.3, 0.4) is 0 Å². The van der Waals surface area contributed by atoms with E-state index in [0.717, 1.165) is 33.4 Å². The van der Waals surface area contributed by atoms with Gasteiger partial charge in [0.25, 0.3) is 0 Å². The highest BCUT2D eigenvalue weighted by Crippen LogP contribution is 2.25. The highest BCUT2D eigenvalue weighted by molar-refractivity contribution is 7.10. The second-order valence-corrected chi connectivity index (χ2v) is 8.20. The molecule has 0 saturated carbocycles. The van der Waals surface area contributed by atoms with Gasteiger partial charge in [0, 0.05) is 23.6 Å². The van der Waals surface area contributed by atoms with Gasteiger partial charge in [-0.15, -0.1) is 16.4 Å². The minimum Gasteiger partial charge on any atom is -0.497 e. The minimum atomic E-state index is -0.0980. The summed E-state index contributed by atoms with van der Waals surface area (Å²) in [4.78, 5) is 25.1. The van der Waals surface area contributed by atoms with Gasteiger partial charge in [0.15, 0.2) is 11.2 Å². The summed E-state index contributed by atoms with van der Waals surface area (Å²) in [6, 6.07) is 15.1. The average Bonchev–Trinajstić information content (AvgIpc) is 3.46. The van der Waals surface area contributed by atoms with Gasteiger partial charge in [-0.3, -0.25) is 4.79 Å². The number of carbonyl (C=O) groups is 1. The van der Waals surface area contributed by atoms with Crippen molar-refractivity contribution in [3.63, 3.8) is 0 Å². The summed E-state index contributed by atoms with van der Waals surface area (Å²) >= 11 is 1.55. The molecule has 0 spiro atoms. The van der Waals surface area contributed by atoms with Gasteiger partial charge in [0.1, 0.15) is 16.6 Å². The van der Waals surface area contributed by atoms with Crippen LogP contribution in [0.2, 0.25) is 0 Å². The molecule has 0 unspecified atom stereocenters. The van der Waals surface area contributed by atoms with Crippen molar-refractivity contribution in [3.8, 4) is 22.7 Å². The molecule has 0 aliphatic carbocycles. The first-order chi connectivity index (χ1) is 16.1. The molecule has 0 fully saturated rings. The Kier molecular flexibility index (Phi) is 5.49. The highest BCUT2D eigenvalue weighted by atomic mass is 32.1. The molecule has 0 saturated heterocycles. The van der Waals surface area contributed by atoms with E-state index < -0.39 is 0 Å². The van der Waals surface area contributed by atoms with Crippen LogP contribution in [0.15, 0.2) is 60.1 Å². The Morgan fingerprint density at radius 2 is 1.88 bits per heavy atom. The first kappa shape index (κ1) is 20.7. The molecule has 0 radical (unpaired) electrons. The van der Waals surface area contributed by atoms with Crippen molar-refractivity contribution < 1.29 is 9.53 Å². The summed E-state index contributed by atoms with van der Waals surface area (Å²) in [6.45, 7) is 1.49. The third-order valence-corrected chi connectivity index (χ3v) is 5.77. The number of fused-ring (bicyclic) bond motifs is 1. The monoisotopic (exact) mass is 457 g/mol. The SMILES string of the molecule is COc1ccc(-n2nnc3cnc(Cc4nc(-c5ccc(NC(C)=O)cc5)cs4)nc32)cc1. The zero-order valence-electron chi connectivity index (χ0n) is 17.9. The summed E-state index contributed by atoms with van der Waals surface area (Å²) in [6.07, 6.45) is 2.18. The predicted octanol–water partition coefficient (Wildman–Crippen LogP) is 3.89. The quantitative estimate of drug-likeness (QED) is 0.412. The molecule has 5 rings (SSSR count). The molecule has 1 N–H and O–H groups in total. The summed E-state index contributed by atoms with van der Waals surface area (Å²) in [7, 11) is 1.63. The van der Waals surface area contributed by atoms with Gasteiger partial charge < -0.3 is 10.1 Å². The summed E-state index contributed by atoms with van der Waals surface area (Å²) in [5, 5.41) is 14.1. The van der Waals surface area contributed by atoms with Crippen molar-refractivity contribution in [2.24, 2.45) is 0 Å². The van der Waals surface area contributed by atoms with E-state index >= 15 is 0 Å². The smallest absolute Gasteiger partial charge is 0.221 e. The Hall–Kier alpha value is -4.18. The largest absolute Gasteiger partial charge is 0.497 e.